The second-order valence-corrected chi connectivity index (χ2v) is 7.43. The van der Waals surface area contributed by atoms with Crippen molar-refractivity contribution in [2.45, 2.75) is 13.3 Å². The third-order valence-electron chi connectivity index (χ3n) is 2.70. The quantitative estimate of drug-likeness (QED) is 0.608. The molecule has 0 spiro atoms. The number of sulfonamides is 1. The Morgan fingerprint density at radius 1 is 1.48 bits per heavy atom. The van der Waals surface area contributed by atoms with E-state index in [0.717, 1.165) is 13.0 Å². The van der Waals surface area contributed by atoms with Crippen LogP contribution in [-0.4, -0.2) is 52.2 Å². The van der Waals surface area contributed by atoms with Gasteiger partial charge in [-0.25, -0.2) is 18.1 Å². The molecule has 0 atom stereocenters. The van der Waals surface area contributed by atoms with Crippen LogP contribution in [0.1, 0.15) is 23.0 Å². The number of rotatable bonds is 8. The summed E-state index contributed by atoms with van der Waals surface area (Å²) >= 11 is 1.19. The number of carbonyl (C=O) groups is 1. The Morgan fingerprint density at radius 2 is 2.14 bits per heavy atom. The molecule has 1 heterocycles. The van der Waals surface area contributed by atoms with Crippen LogP contribution in [0.25, 0.3) is 0 Å². The van der Waals surface area contributed by atoms with Crippen molar-refractivity contribution in [2.24, 2.45) is 0 Å². The molecule has 0 unspecified atom stereocenters. The molecule has 21 heavy (non-hydrogen) atoms. The van der Waals surface area contributed by atoms with Crippen molar-refractivity contribution in [3.8, 4) is 0 Å². The second kappa shape index (κ2) is 7.57. The summed E-state index contributed by atoms with van der Waals surface area (Å²) in [5, 5.41) is 3.20. The predicted molar refractivity (Wildman–Crippen MR) is 85.3 cm³/mol. The van der Waals surface area contributed by atoms with E-state index in [1.54, 1.807) is 0 Å². The Morgan fingerprint density at radius 3 is 2.71 bits per heavy atom. The maximum Gasteiger partial charge on any atom is 0.265 e. The Bertz CT molecular complexity index is 585. The molecule has 8 nitrogen and oxygen atoms in total. The van der Waals surface area contributed by atoms with Gasteiger partial charge in [-0.15, -0.1) is 0 Å². The van der Waals surface area contributed by atoms with Gasteiger partial charge < -0.3 is 16.0 Å². The SMILES string of the molecule is CCCN(C)c1nc(N)c(C(=O)NCCS(=O)(=O)NC)s1. The molecule has 4 N–H and O–H groups in total. The number of nitrogens with two attached hydrogens (primary N) is 1. The number of aromatic nitrogens is 1. The lowest BCUT2D eigenvalue weighted by Crippen LogP contribution is -2.32. The third-order valence-corrected chi connectivity index (χ3v) is 5.25. The fraction of sp³-hybridized carbons (Fsp3) is 0.636. The van der Waals surface area contributed by atoms with E-state index in [1.165, 1.54) is 18.4 Å². The number of anilines is 2. The van der Waals surface area contributed by atoms with Crippen LogP contribution < -0.4 is 20.7 Å². The summed E-state index contributed by atoms with van der Waals surface area (Å²) in [6.45, 7) is 2.87. The fourth-order valence-electron chi connectivity index (χ4n) is 1.56. The fourth-order valence-corrected chi connectivity index (χ4v) is 3.02. The van der Waals surface area contributed by atoms with Crippen molar-refractivity contribution >= 4 is 38.2 Å². The summed E-state index contributed by atoms with van der Waals surface area (Å²) in [4.78, 5) is 18.4. The molecule has 10 heteroatoms. The maximum atomic E-state index is 12.0. The number of nitrogens with one attached hydrogen (secondary N) is 2. The molecule has 0 aliphatic heterocycles. The standard InChI is InChI=1S/C11H21N5O3S2/c1-4-6-16(3)11-15-9(12)8(20-11)10(17)14-5-7-21(18,19)13-2/h13H,4-7,12H2,1-3H3,(H,14,17). The van der Waals surface area contributed by atoms with Crippen LogP contribution >= 0.6 is 11.3 Å². The second-order valence-electron chi connectivity index (χ2n) is 4.41. The number of hydrogen-bond acceptors (Lipinski definition) is 7. The van der Waals surface area contributed by atoms with E-state index in [-0.39, 0.29) is 18.1 Å². The minimum absolute atomic E-state index is 0.0134. The van der Waals surface area contributed by atoms with Gasteiger partial charge in [0.2, 0.25) is 10.0 Å². The number of nitrogens with zero attached hydrogens (tertiary/aromatic N) is 2. The summed E-state index contributed by atoms with van der Waals surface area (Å²) in [6.07, 6.45) is 0.958. The van der Waals surface area contributed by atoms with E-state index in [1.807, 2.05) is 18.9 Å². The number of hydrogen-bond donors (Lipinski definition) is 3. The van der Waals surface area contributed by atoms with Crippen molar-refractivity contribution < 1.29 is 13.2 Å². The van der Waals surface area contributed by atoms with E-state index >= 15 is 0 Å². The van der Waals surface area contributed by atoms with Crippen molar-refractivity contribution in [3.63, 3.8) is 0 Å². The summed E-state index contributed by atoms with van der Waals surface area (Å²) in [7, 11) is -0.134. The maximum absolute atomic E-state index is 12.0. The Kier molecular flexibility index (Phi) is 6.37. The Labute approximate surface area is 128 Å². The first-order valence-corrected chi connectivity index (χ1v) is 8.94. The molecule has 0 aliphatic carbocycles. The van der Waals surface area contributed by atoms with Gasteiger partial charge in [-0.2, -0.15) is 0 Å². The topological polar surface area (TPSA) is 117 Å². The molecule has 1 aromatic rings. The zero-order chi connectivity index (χ0) is 16.0. The van der Waals surface area contributed by atoms with Gasteiger partial charge in [0, 0.05) is 20.1 Å². The molecule has 0 saturated carbocycles. The van der Waals surface area contributed by atoms with Gasteiger partial charge >= 0.3 is 0 Å². The lowest BCUT2D eigenvalue weighted by Gasteiger charge is -2.13. The first-order chi connectivity index (χ1) is 9.80. The zero-order valence-corrected chi connectivity index (χ0v) is 14.0. The van der Waals surface area contributed by atoms with Crippen molar-refractivity contribution in [3.05, 3.63) is 4.88 Å². The van der Waals surface area contributed by atoms with Crippen molar-refractivity contribution in [1.29, 1.82) is 0 Å². The predicted octanol–water partition coefficient (Wildman–Crippen LogP) is -0.149. The largest absolute Gasteiger partial charge is 0.382 e. The number of nitrogen functional groups attached to an aromatic ring is 1. The highest BCUT2D eigenvalue weighted by molar-refractivity contribution is 7.89. The highest BCUT2D eigenvalue weighted by atomic mass is 32.2. The molecule has 0 fully saturated rings. The van der Waals surface area contributed by atoms with E-state index < -0.39 is 15.9 Å². The molecular formula is C11H21N5O3S2. The van der Waals surface area contributed by atoms with Crippen molar-refractivity contribution in [1.82, 2.24) is 15.0 Å². The van der Waals surface area contributed by atoms with Crippen LogP contribution in [0.4, 0.5) is 10.9 Å². The molecule has 0 aromatic carbocycles. The highest BCUT2D eigenvalue weighted by Gasteiger charge is 2.18. The number of amides is 1. The number of carbonyl (C=O) groups excluding carboxylic acids is 1. The van der Waals surface area contributed by atoms with Gasteiger partial charge in [-0.1, -0.05) is 18.3 Å². The molecule has 1 amide bonds. The molecule has 0 radical (unpaired) electrons. The average Bonchev–Trinajstić information content (AvgIpc) is 2.81. The summed E-state index contributed by atoms with van der Waals surface area (Å²) in [5.41, 5.74) is 5.74. The van der Waals surface area contributed by atoms with Crippen LogP contribution in [0.5, 0.6) is 0 Å². The van der Waals surface area contributed by atoms with Gasteiger partial charge in [0.1, 0.15) is 10.7 Å². The van der Waals surface area contributed by atoms with Gasteiger partial charge in [-0.05, 0) is 13.5 Å². The van der Waals surface area contributed by atoms with Crippen LogP contribution in [-0.2, 0) is 10.0 Å². The van der Waals surface area contributed by atoms with Crippen molar-refractivity contribution in [2.75, 3.05) is 43.6 Å². The minimum Gasteiger partial charge on any atom is -0.382 e. The minimum atomic E-state index is -3.34. The molecule has 0 bridgehead atoms. The summed E-state index contributed by atoms with van der Waals surface area (Å²) in [6, 6.07) is 0. The normalized spacial score (nSPS) is 11.4. The van der Waals surface area contributed by atoms with Crippen LogP contribution in [0, 0.1) is 0 Å². The summed E-state index contributed by atoms with van der Waals surface area (Å²) in [5.74, 6) is -0.435. The zero-order valence-electron chi connectivity index (χ0n) is 12.3. The highest BCUT2D eigenvalue weighted by Crippen LogP contribution is 2.27. The van der Waals surface area contributed by atoms with Gasteiger partial charge in [-0.3, -0.25) is 4.79 Å². The first kappa shape index (κ1) is 17.7. The van der Waals surface area contributed by atoms with Crippen LogP contribution in [0.3, 0.4) is 0 Å². The van der Waals surface area contributed by atoms with Crippen LogP contribution in [0.15, 0.2) is 0 Å². The molecule has 1 rings (SSSR count). The molecular weight excluding hydrogens is 314 g/mol. The lowest BCUT2D eigenvalue weighted by molar-refractivity contribution is 0.0961. The lowest BCUT2D eigenvalue weighted by atomic mass is 10.4. The Hall–Kier alpha value is -1.39. The van der Waals surface area contributed by atoms with E-state index in [9.17, 15) is 13.2 Å². The van der Waals surface area contributed by atoms with E-state index in [0.29, 0.717) is 10.0 Å². The molecule has 1 aromatic heterocycles. The van der Waals surface area contributed by atoms with Crippen LogP contribution in [0.2, 0.25) is 0 Å². The molecule has 0 saturated heterocycles. The number of thiazole rings is 1. The molecule has 120 valence electrons. The van der Waals surface area contributed by atoms with Gasteiger partial charge in [0.05, 0.1) is 5.75 Å². The van der Waals surface area contributed by atoms with E-state index in [4.69, 9.17) is 5.73 Å². The summed E-state index contributed by atoms with van der Waals surface area (Å²) < 4.78 is 24.7. The monoisotopic (exact) mass is 335 g/mol. The van der Waals surface area contributed by atoms with E-state index in [2.05, 4.69) is 15.0 Å². The Balaban J connectivity index is 2.66. The molecule has 0 aliphatic rings. The van der Waals surface area contributed by atoms with Gasteiger partial charge in [0.15, 0.2) is 5.13 Å². The third kappa shape index (κ3) is 5.14. The first-order valence-electron chi connectivity index (χ1n) is 6.47. The average molecular weight is 335 g/mol. The van der Waals surface area contributed by atoms with Gasteiger partial charge in [0.25, 0.3) is 5.91 Å². The smallest absolute Gasteiger partial charge is 0.265 e.